The van der Waals surface area contributed by atoms with Gasteiger partial charge in [0.05, 0.1) is 17.1 Å². The fourth-order valence-electron chi connectivity index (χ4n) is 2.94. The number of ether oxygens (including phenoxy) is 1. The average Bonchev–Trinajstić information content (AvgIpc) is 2.90. The van der Waals surface area contributed by atoms with Gasteiger partial charge in [-0.2, -0.15) is 0 Å². The molecule has 4 rings (SSSR count). The molecular weight excluding hydrogens is 368 g/mol. The number of para-hydroxylation sites is 1. The van der Waals surface area contributed by atoms with Gasteiger partial charge in [-0.05, 0) is 23.8 Å². The highest BCUT2D eigenvalue weighted by Crippen LogP contribution is 2.22. The highest BCUT2D eigenvalue weighted by Gasteiger charge is 2.27. The molecule has 0 aliphatic carbocycles. The zero-order chi connectivity index (χ0) is 20.1. The van der Waals surface area contributed by atoms with E-state index in [1.165, 1.54) is 0 Å². The van der Waals surface area contributed by atoms with Gasteiger partial charge in [-0.1, -0.05) is 54.6 Å². The van der Waals surface area contributed by atoms with Crippen molar-refractivity contribution < 1.29 is 14.3 Å². The molecule has 1 atom stereocenters. The third kappa shape index (κ3) is 4.30. The number of hydrogen-bond acceptors (Lipinski definition) is 5. The molecule has 2 aromatic carbocycles. The Bertz CT molecular complexity index is 1050. The lowest BCUT2D eigenvalue weighted by molar-refractivity contribution is -0.117. The minimum absolute atomic E-state index is 0.0953. The number of pyridine rings is 1. The molecule has 0 bridgehead atoms. The van der Waals surface area contributed by atoms with Crippen LogP contribution in [0.2, 0.25) is 0 Å². The first-order valence-electron chi connectivity index (χ1n) is 9.07. The van der Waals surface area contributed by atoms with E-state index in [0.29, 0.717) is 17.1 Å². The van der Waals surface area contributed by atoms with Crippen LogP contribution in [0.1, 0.15) is 16.8 Å². The summed E-state index contributed by atoms with van der Waals surface area (Å²) in [5, 5.41) is 5.32. The molecule has 2 amide bonds. The van der Waals surface area contributed by atoms with E-state index in [0.717, 1.165) is 11.1 Å². The number of nitrogens with zero attached hydrogens (tertiary/aromatic N) is 2. The normalized spacial score (nSPS) is 15.4. The molecule has 2 heterocycles. The molecule has 1 aliphatic rings. The van der Waals surface area contributed by atoms with E-state index in [-0.39, 0.29) is 6.61 Å². The van der Waals surface area contributed by atoms with Gasteiger partial charge >= 0.3 is 6.09 Å². The highest BCUT2D eigenvalue weighted by atomic mass is 16.5. The van der Waals surface area contributed by atoms with E-state index in [2.05, 4.69) is 20.6 Å². The Morgan fingerprint density at radius 3 is 2.55 bits per heavy atom. The number of benzodiazepines with no additional fused rings is 1. The quantitative estimate of drug-likeness (QED) is 0.721. The number of fused-ring (bicyclic) bond motifs is 1. The van der Waals surface area contributed by atoms with Gasteiger partial charge in [0.2, 0.25) is 6.17 Å². The molecule has 7 heteroatoms. The lowest BCUT2D eigenvalue weighted by Crippen LogP contribution is -2.42. The van der Waals surface area contributed by atoms with Gasteiger partial charge < -0.3 is 10.1 Å². The first-order valence-corrected chi connectivity index (χ1v) is 9.07. The molecule has 0 saturated carbocycles. The molecule has 1 aliphatic heterocycles. The molecule has 7 nitrogen and oxygen atoms in total. The van der Waals surface area contributed by atoms with Crippen LogP contribution in [0, 0.1) is 0 Å². The second kappa shape index (κ2) is 8.35. The van der Waals surface area contributed by atoms with Gasteiger partial charge in [-0.15, -0.1) is 0 Å². The molecule has 2 N–H and O–H groups in total. The van der Waals surface area contributed by atoms with E-state index in [4.69, 9.17) is 4.74 Å². The van der Waals surface area contributed by atoms with Gasteiger partial charge in [0, 0.05) is 11.8 Å². The minimum Gasteiger partial charge on any atom is -0.445 e. The predicted octanol–water partition coefficient (Wildman–Crippen LogP) is 3.12. The molecule has 0 saturated heterocycles. The van der Waals surface area contributed by atoms with Gasteiger partial charge in [0.15, 0.2) is 0 Å². The maximum absolute atomic E-state index is 12.7. The van der Waals surface area contributed by atoms with Crippen molar-refractivity contribution >= 4 is 23.4 Å². The monoisotopic (exact) mass is 386 g/mol. The first kappa shape index (κ1) is 18.4. The molecule has 144 valence electrons. The highest BCUT2D eigenvalue weighted by molar-refractivity contribution is 6.18. The van der Waals surface area contributed by atoms with Crippen LogP contribution in [0.15, 0.2) is 84.0 Å². The van der Waals surface area contributed by atoms with Crippen LogP contribution in [0.3, 0.4) is 0 Å². The van der Waals surface area contributed by atoms with Crippen molar-refractivity contribution in [1.82, 2.24) is 10.3 Å². The van der Waals surface area contributed by atoms with Crippen LogP contribution in [0.4, 0.5) is 10.5 Å². The summed E-state index contributed by atoms with van der Waals surface area (Å²) >= 11 is 0. The standard InChI is InChI=1S/C22H18N4O3/c27-21-20(26-22(28)29-14-15-8-2-1-3-9-15)25-19(18-12-6-7-13-23-18)16-10-4-5-11-17(16)24-21/h1-13,20H,14H2,(H,24,27)(H,26,28)/t20-/m1/s1. The fourth-order valence-corrected chi connectivity index (χ4v) is 2.94. The number of anilines is 1. The van der Waals surface area contributed by atoms with E-state index in [1.807, 2.05) is 54.6 Å². The van der Waals surface area contributed by atoms with Crippen molar-refractivity contribution in [3.05, 3.63) is 95.8 Å². The maximum Gasteiger partial charge on any atom is 0.409 e. The van der Waals surface area contributed by atoms with E-state index >= 15 is 0 Å². The number of aliphatic imine (C=N–C) groups is 1. The van der Waals surface area contributed by atoms with Crippen molar-refractivity contribution in [3.63, 3.8) is 0 Å². The zero-order valence-corrected chi connectivity index (χ0v) is 15.4. The largest absolute Gasteiger partial charge is 0.445 e. The van der Waals surface area contributed by atoms with Gasteiger partial charge in [0.1, 0.15) is 6.61 Å². The van der Waals surface area contributed by atoms with Crippen molar-refractivity contribution in [2.45, 2.75) is 12.8 Å². The third-order valence-electron chi connectivity index (χ3n) is 4.32. The number of nitrogens with one attached hydrogen (secondary N) is 2. The van der Waals surface area contributed by atoms with Gasteiger partial charge in [0.25, 0.3) is 5.91 Å². The zero-order valence-electron chi connectivity index (χ0n) is 15.4. The van der Waals surface area contributed by atoms with E-state index < -0.39 is 18.2 Å². The Kier molecular flexibility index (Phi) is 5.29. The maximum atomic E-state index is 12.7. The number of carbonyl (C=O) groups excluding carboxylic acids is 2. The summed E-state index contributed by atoms with van der Waals surface area (Å²) < 4.78 is 5.22. The van der Waals surface area contributed by atoms with Gasteiger partial charge in [-0.3, -0.25) is 15.1 Å². The van der Waals surface area contributed by atoms with Crippen LogP contribution in [-0.2, 0) is 16.1 Å². The van der Waals surface area contributed by atoms with Crippen molar-refractivity contribution in [2.75, 3.05) is 5.32 Å². The van der Waals surface area contributed by atoms with E-state index in [9.17, 15) is 9.59 Å². The molecule has 0 spiro atoms. The molecule has 0 fully saturated rings. The number of aromatic nitrogens is 1. The van der Waals surface area contributed by atoms with Crippen LogP contribution in [-0.4, -0.2) is 28.9 Å². The van der Waals surface area contributed by atoms with Crippen LogP contribution >= 0.6 is 0 Å². The number of amides is 2. The smallest absolute Gasteiger partial charge is 0.409 e. The molecule has 0 radical (unpaired) electrons. The predicted molar refractivity (Wildman–Crippen MR) is 108 cm³/mol. The fraction of sp³-hybridized carbons (Fsp3) is 0.0909. The topological polar surface area (TPSA) is 92.7 Å². The Balaban J connectivity index is 1.58. The van der Waals surface area contributed by atoms with Gasteiger partial charge in [-0.25, -0.2) is 9.79 Å². The molecule has 0 unspecified atom stereocenters. The van der Waals surface area contributed by atoms with Crippen LogP contribution < -0.4 is 10.6 Å². The summed E-state index contributed by atoms with van der Waals surface area (Å²) in [6.45, 7) is 0.0953. The number of rotatable bonds is 4. The lowest BCUT2D eigenvalue weighted by atomic mass is 10.0. The summed E-state index contributed by atoms with van der Waals surface area (Å²) in [5.41, 5.74) is 3.28. The Labute approximate surface area is 167 Å². The van der Waals surface area contributed by atoms with Crippen molar-refractivity contribution in [3.8, 4) is 0 Å². The number of carbonyl (C=O) groups is 2. The lowest BCUT2D eigenvalue weighted by Gasteiger charge is -2.13. The number of alkyl carbamates (subject to hydrolysis) is 1. The Hall–Kier alpha value is -4.00. The average molecular weight is 386 g/mol. The number of benzene rings is 2. The first-order chi connectivity index (χ1) is 14.2. The summed E-state index contributed by atoms with van der Waals surface area (Å²) in [6.07, 6.45) is -0.233. The summed E-state index contributed by atoms with van der Waals surface area (Å²) in [6, 6.07) is 22.0. The Morgan fingerprint density at radius 1 is 1.00 bits per heavy atom. The summed E-state index contributed by atoms with van der Waals surface area (Å²) in [4.78, 5) is 33.8. The minimum atomic E-state index is -1.15. The third-order valence-corrected chi connectivity index (χ3v) is 4.32. The Morgan fingerprint density at radius 2 is 1.76 bits per heavy atom. The summed E-state index contributed by atoms with van der Waals surface area (Å²) in [5.74, 6) is -0.458. The molecular formula is C22H18N4O3. The number of hydrogen-bond donors (Lipinski definition) is 2. The second-order valence-electron chi connectivity index (χ2n) is 6.34. The summed E-state index contributed by atoms with van der Waals surface area (Å²) in [7, 11) is 0. The van der Waals surface area contributed by atoms with Crippen LogP contribution in [0.25, 0.3) is 0 Å². The van der Waals surface area contributed by atoms with E-state index in [1.54, 1.807) is 24.4 Å². The molecule has 3 aromatic rings. The van der Waals surface area contributed by atoms with Crippen LogP contribution in [0.5, 0.6) is 0 Å². The van der Waals surface area contributed by atoms with Crippen molar-refractivity contribution in [1.29, 1.82) is 0 Å². The van der Waals surface area contributed by atoms with Crippen molar-refractivity contribution in [2.24, 2.45) is 4.99 Å². The SMILES string of the molecule is O=C(N[C@H]1N=C(c2ccccn2)c2ccccc2NC1=O)OCc1ccccc1. The molecule has 1 aromatic heterocycles. The molecule has 29 heavy (non-hydrogen) atoms. The second-order valence-corrected chi connectivity index (χ2v) is 6.34.